The van der Waals surface area contributed by atoms with Gasteiger partial charge in [-0.2, -0.15) is 0 Å². The lowest BCUT2D eigenvalue weighted by molar-refractivity contribution is 0.0696. The van der Waals surface area contributed by atoms with E-state index in [1.54, 1.807) is 0 Å². The third kappa shape index (κ3) is 1.87. The second-order valence-corrected chi connectivity index (χ2v) is 2.89. The molecule has 3 N–H and O–H groups in total. The number of hydrogen-bond acceptors (Lipinski definition) is 3. The lowest BCUT2D eigenvalue weighted by Gasteiger charge is -2.05. The van der Waals surface area contributed by atoms with Crippen molar-refractivity contribution in [3.8, 4) is 0 Å². The van der Waals surface area contributed by atoms with Gasteiger partial charge in [0.05, 0.1) is 10.6 Å². The van der Waals surface area contributed by atoms with E-state index in [1.807, 2.05) is 0 Å². The molecule has 0 spiro atoms. The van der Waals surface area contributed by atoms with Crippen molar-refractivity contribution < 1.29 is 24.3 Å². The van der Waals surface area contributed by atoms with Crippen molar-refractivity contribution in [1.82, 2.24) is 0 Å². The van der Waals surface area contributed by atoms with Crippen molar-refractivity contribution in [2.24, 2.45) is 0 Å². The van der Waals surface area contributed by atoms with E-state index in [1.165, 1.54) is 0 Å². The van der Waals surface area contributed by atoms with Crippen molar-refractivity contribution in [3.05, 3.63) is 28.5 Å². The highest BCUT2D eigenvalue weighted by Crippen LogP contribution is 2.18. The first-order valence-electron chi connectivity index (χ1n) is 3.52. The molecule has 0 bridgehead atoms. The highest BCUT2D eigenvalue weighted by atomic mass is 35.5. The van der Waals surface area contributed by atoms with Gasteiger partial charge in [-0.05, 0) is 6.07 Å². The number of halogens is 2. The van der Waals surface area contributed by atoms with Crippen molar-refractivity contribution in [3.63, 3.8) is 0 Å². The summed E-state index contributed by atoms with van der Waals surface area (Å²) in [6.45, 7) is 0. The van der Waals surface area contributed by atoms with Gasteiger partial charge in [-0.3, -0.25) is 0 Å². The summed E-state index contributed by atoms with van der Waals surface area (Å²) in [4.78, 5) is 10.5. The van der Waals surface area contributed by atoms with Crippen LogP contribution in [0.3, 0.4) is 0 Å². The molecule has 0 saturated carbocycles. The molecule has 7 heteroatoms. The second kappa shape index (κ2) is 3.95. The summed E-state index contributed by atoms with van der Waals surface area (Å²) in [5.41, 5.74) is -0.881. The topological polar surface area (TPSA) is 77.8 Å². The summed E-state index contributed by atoms with van der Waals surface area (Å²) < 4.78 is 13.2. The van der Waals surface area contributed by atoms with Crippen LogP contribution in [0.1, 0.15) is 10.4 Å². The van der Waals surface area contributed by atoms with E-state index >= 15 is 0 Å². The Balaban J connectivity index is 3.33. The maximum atomic E-state index is 13.2. The standard InChI is InChI=1S/C7H5BClFO4/c9-5-3(7(11)12)1-2-4(6(5)10)8(13)14/h1-2,13-14H,(H,11,12). The van der Waals surface area contributed by atoms with Crippen LogP contribution >= 0.6 is 11.6 Å². The predicted molar refractivity (Wildman–Crippen MR) is 48.2 cm³/mol. The number of benzene rings is 1. The lowest BCUT2D eigenvalue weighted by Crippen LogP contribution is -2.33. The normalized spacial score (nSPS) is 10.0. The zero-order chi connectivity index (χ0) is 10.9. The zero-order valence-corrected chi connectivity index (χ0v) is 7.49. The molecule has 0 fully saturated rings. The Morgan fingerprint density at radius 3 is 2.43 bits per heavy atom. The summed E-state index contributed by atoms with van der Waals surface area (Å²) >= 11 is 5.36. The van der Waals surface area contributed by atoms with E-state index in [2.05, 4.69) is 0 Å². The number of carbonyl (C=O) groups is 1. The molecule has 0 aromatic heterocycles. The van der Waals surface area contributed by atoms with E-state index in [0.717, 1.165) is 12.1 Å². The minimum Gasteiger partial charge on any atom is -0.478 e. The number of carboxylic acid groups (broad SMARTS) is 1. The van der Waals surface area contributed by atoms with Gasteiger partial charge < -0.3 is 15.2 Å². The average molecular weight is 218 g/mol. The minimum atomic E-state index is -2.02. The predicted octanol–water partition coefficient (Wildman–Crippen LogP) is -0.143. The third-order valence-corrected chi connectivity index (χ3v) is 1.99. The molecule has 74 valence electrons. The van der Waals surface area contributed by atoms with Gasteiger partial charge in [0.15, 0.2) is 0 Å². The highest BCUT2D eigenvalue weighted by molar-refractivity contribution is 6.59. The maximum Gasteiger partial charge on any atom is 0.491 e. The maximum absolute atomic E-state index is 13.2. The van der Waals surface area contributed by atoms with Crippen molar-refractivity contribution in [2.75, 3.05) is 0 Å². The molecule has 0 aliphatic heterocycles. The highest BCUT2D eigenvalue weighted by Gasteiger charge is 2.22. The first-order valence-corrected chi connectivity index (χ1v) is 3.90. The number of carboxylic acids is 1. The van der Waals surface area contributed by atoms with Crippen LogP contribution in [0.4, 0.5) is 4.39 Å². The summed E-state index contributed by atoms with van der Waals surface area (Å²) in [6, 6.07) is 1.96. The molecule has 14 heavy (non-hydrogen) atoms. The van der Waals surface area contributed by atoms with E-state index < -0.39 is 35.0 Å². The van der Waals surface area contributed by atoms with Gasteiger partial charge in [-0.1, -0.05) is 17.7 Å². The summed E-state index contributed by atoms with van der Waals surface area (Å²) in [5, 5.41) is 25.2. The molecule has 0 atom stereocenters. The number of hydrogen-bond donors (Lipinski definition) is 3. The van der Waals surface area contributed by atoms with Gasteiger partial charge in [-0.25, -0.2) is 9.18 Å². The van der Waals surface area contributed by atoms with Crippen molar-refractivity contribution in [1.29, 1.82) is 0 Å². The van der Waals surface area contributed by atoms with Crippen LogP contribution in [-0.4, -0.2) is 28.2 Å². The molecular weight excluding hydrogens is 213 g/mol. The Hall–Kier alpha value is -1.11. The fraction of sp³-hybridized carbons (Fsp3) is 0. The van der Waals surface area contributed by atoms with Crippen LogP contribution in [0.15, 0.2) is 12.1 Å². The molecule has 0 aliphatic carbocycles. The van der Waals surface area contributed by atoms with Gasteiger partial charge in [0.1, 0.15) is 5.82 Å². The summed E-state index contributed by atoms with van der Waals surface area (Å²) in [5.74, 6) is -2.52. The first-order chi connectivity index (χ1) is 6.45. The Labute approximate surface area is 83.7 Å². The summed E-state index contributed by atoms with van der Waals surface area (Å²) in [7, 11) is -2.02. The molecule has 0 saturated heterocycles. The molecule has 0 unspecified atom stereocenters. The molecule has 1 aromatic carbocycles. The first kappa shape index (κ1) is 11.0. The molecule has 0 heterocycles. The van der Waals surface area contributed by atoms with E-state index in [0.29, 0.717) is 0 Å². The Bertz CT molecular complexity index is 382. The van der Waals surface area contributed by atoms with Crippen molar-refractivity contribution >= 4 is 30.2 Å². The second-order valence-electron chi connectivity index (χ2n) is 2.51. The van der Waals surface area contributed by atoms with Crippen LogP contribution in [0.5, 0.6) is 0 Å². The van der Waals surface area contributed by atoms with Crippen LogP contribution in [-0.2, 0) is 0 Å². The zero-order valence-electron chi connectivity index (χ0n) is 6.74. The van der Waals surface area contributed by atoms with Crippen molar-refractivity contribution in [2.45, 2.75) is 0 Å². The van der Waals surface area contributed by atoms with E-state index in [9.17, 15) is 9.18 Å². The Morgan fingerprint density at radius 2 is 2.00 bits per heavy atom. The monoisotopic (exact) mass is 218 g/mol. The number of aromatic carboxylic acids is 1. The fourth-order valence-corrected chi connectivity index (χ4v) is 1.18. The number of rotatable bonds is 2. The lowest BCUT2D eigenvalue weighted by atomic mass is 9.79. The SMILES string of the molecule is O=C(O)c1ccc(B(O)O)c(F)c1Cl. The summed E-state index contributed by atoms with van der Waals surface area (Å²) in [6.07, 6.45) is 0. The molecule has 0 radical (unpaired) electrons. The van der Waals surface area contributed by atoms with E-state index in [-0.39, 0.29) is 0 Å². The molecule has 4 nitrogen and oxygen atoms in total. The molecule has 1 rings (SSSR count). The Morgan fingerprint density at radius 1 is 1.43 bits per heavy atom. The van der Waals surface area contributed by atoms with Gasteiger partial charge in [0.25, 0.3) is 0 Å². The third-order valence-electron chi connectivity index (χ3n) is 1.62. The van der Waals surface area contributed by atoms with Crippen LogP contribution in [0.25, 0.3) is 0 Å². The minimum absolute atomic E-state index is 0.423. The van der Waals surface area contributed by atoms with Gasteiger partial charge >= 0.3 is 13.1 Å². The van der Waals surface area contributed by atoms with Gasteiger partial charge in [-0.15, -0.1) is 0 Å². The van der Waals surface area contributed by atoms with Crippen LogP contribution in [0.2, 0.25) is 5.02 Å². The smallest absolute Gasteiger partial charge is 0.478 e. The van der Waals surface area contributed by atoms with Gasteiger partial charge in [0, 0.05) is 5.46 Å². The Kier molecular flexibility index (Phi) is 3.10. The quantitative estimate of drug-likeness (QED) is 0.604. The largest absolute Gasteiger partial charge is 0.491 e. The fourth-order valence-electron chi connectivity index (χ4n) is 0.929. The van der Waals surface area contributed by atoms with Gasteiger partial charge in [0.2, 0.25) is 0 Å². The molecular formula is C7H5BClFO4. The molecule has 0 aliphatic rings. The van der Waals surface area contributed by atoms with Crippen LogP contribution < -0.4 is 5.46 Å². The molecule has 1 aromatic rings. The van der Waals surface area contributed by atoms with E-state index in [4.69, 9.17) is 26.8 Å². The van der Waals surface area contributed by atoms with Crippen LogP contribution in [0, 0.1) is 5.82 Å². The average Bonchev–Trinajstić information content (AvgIpc) is 2.08. The molecule has 0 amide bonds.